The predicted octanol–water partition coefficient (Wildman–Crippen LogP) is 6.15. The Hall–Kier alpha value is -0.880. The number of hydrogen-bond acceptors (Lipinski definition) is 3. The first kappa shape index (κ1) is 27.1. The van der Waals surface area contributed by atoms with E-state index >= 15 is 0 Å². The molecule has 1 amide bonds. The summed E-state index contributed by atoms with van der Waals surface area (Å²) in [6, 6.07) is 0. The highest BCUT2D eigenvalue weighted by atomic mass is 32.2. The Bertz CT molecular complexity index is 545. The lowest BCUT2D eigenvalue weighted by Crippen LogP contribution is -2.52. The Kier molecular flexibility index (Phi) is 14.6. The highest BCUT2D eigenvalue weighted by molar-refractivity contribution is 7.87. The highest BCUT2D eigenvalue weighted by Gasteiger charge is 2.38. The van der Waals surface area contributed by atoms with Gasteiger partial charge in [0.1, 0.15) is 0 Å². The molecule has 0 aromatic carbocycles. The van der Waals surface area contributed by atoms with Crippen molar-refractivity contribution in [1.82, 2.24) is 5.32 Å². The quantitative estimate of drug-likeness (QED) is 0.159. The maximum absolute atomic E-state index is 11.8. The van der Waals surface area contributed by atoms with Gasteiger partial charge in [0.05, 0.1) is 0 Å². The minimum atomic E-state index is -4.38. The molecule has 0 saturated carbocycles. The molecule has 166 valence electrons. The van der Waals surface area contributed by atoms with Crippen LogP contribution in [0.4, 0.5) is 0 Å². The lowest BCUT2D eigenvalue weighted by molar-refractivity contribution is -0.118. The molecule has 2 N–H and O–H groups in total. The van der Waals surface area contributed by atoms with Crippen molar-refractivity contribution < 1.29 is 17.8 Å². The third kappa shape index (κ3) is 12.6. The zero-order chi connectivity index (χ0) is 21.5. The Morgan fingerprint density at radius 1 is 0.857 bits per heavy atom. The first-order valence-corrected chi connectivity index (χ1v) is 12.5. The van der Waals surface area contributed by atoms with Gasteiger partial charge in [0.2, 0.25) is 5.91 Å². The summed E-state index contributed by atoms with van der Waals surface area (Å²) < 4.78 is 32.9. The van der Waals surface area contributed by atoms with Gasteiger partial charge in [-0.25, -0.2) is 0 Å². The lowest BCUT2D eigenvalue weighted by Gasteiger charge is -2.27. The predicted molar refractivity (Wildman–Crippen MR) is 118 cm³/mol. The maximum Gasteiger partial charge on any atom is 0.288 e. The third-order valence-corrected chi connectivity index (χ3v) is 6.79. The summed E-state index contributed by atoms with van der Waals surface area (Å²) in [6.07, 6.45) is 17.2. The van der Waals surface area contributed by atoms with E-state index in [4.69, 9.17) is 0 Å². The topological polar surface area (TPSA) is 83.5 Å². The fourth-order valence-corrected chi connectivity index (χ4v) is 3.88. The number of carbonyl (C=O) groups is 1. The monoisotopic (exact) mass is 417 g/mol. The summed E-state index contributed by atoms with van der Waals surface area (Å²) in [5.41, 5.74) is 0.218. The van der Waals surface area contributed by atoms with Gasteiger partial charge in [-0.1, -0.05) is 97.0 Å². The van der Waals surface area contributed by atoms with Crippen molar-refractivity contribution in [2.24, 2.45) is 0 Å². The summed E-state index contributed by atoms with van der Waals surface area (Å²) in [6.45, 7) is 8.61. The van der Waals surface area contributed by atoms with Gasteiger partial charge in [-0.2, -0.15) is 8.42 Å². The van der Waals surface area contributed by atoms with E-state index in [9.17, 15) is 17.8 Å². The van der Waals surface area contributed by atoms with Crippen LogP contribution in [0.3, 0.4) is 0 Å². The van der Waals surface area contributed by atoms with Crippen molar-refractivity contribution in [2.45, 2.75) is 122 Å². The van der Waals surface area contributed by atoms with E-state index in [1.54, 1.807) is 0 Å². The normalized spacial score (nSPS) is 13.9. The van der Waals surface area contributed by atoms with Gasteiger partial charge in [0.25, 0.3) is 10.1 Å². The Morgan fingerprint density at radius 2 is 1.21 bits per heavy atom. The van der Waals surface area contributed by atoms with Gasteiger partial charge in [-0.15, -0.1) is 0 Å². The van der Waals surface area contributed by atoms with Gasteiger partial charge >= 0.3 is 0 Å². The molecule has 1 unspecified atom stereocenters. The van der Waals surface area contributed by atoms with E-state index in [0.717, 1.165) is 19.3 Å². The molecular formula is C22H43NO4S. The van der Waals surface area contributed by atoms with E-state index in [-0.39, 0.29) is 12.0 Å². The van der Waals surface area contributed by atoms with E-state index < -0.39 is 20.9 Å². The van der Waals surface area contributed by atoms with Gasteiger partial charge in [0.15, 0.2) is 4.87 Å². The van der Waals surface area contributed by atoms with Crippen LogP contribution in [0, 0.1) is 0 Å². The number of carbonyl (C=O) groups excluding carboxylic acids is 1. The molecule has 0 bridgehead atoms. The molecule has 0 fully saturated rings. The smallest absolute Gasteiger partial charge is 0.288 e. The van der Waals surface area contributed by atoms with E-state index in [2.05, 4.69) is 18.8 Å². The van der Waals surface area contributed by atoms with Crippen LogP contribution in [0.15, 0.2) is 12.2 Å². The molecule has 0 aromatic rings. The van der Waals surface area contributed by atoms with E-state index in [1.807, 2.05) is 0 Å². The molecule has 0 aromatic heterocycles. The molecule has 0 heterocycles. The van der Waals surface area contributed by atoms with E-state index in [1.165, 1.54) is 78.1 Å². The molecule has 0 saturated heterocycles. The van der Waals surface area contributed by atoms with Crippen LogP contribution in [0.25, 0.3) is 0 Å². The summed E-state index contributed by atoms with van der Waals surface area (Å²) in [5, 5.41) is 2.40. The minimum absolute atomic E-state index is 0.197. The molecule has 1 atom stereocenters. The standard InChI is InChI=1S/C22H43NO4S/c1-5-6-7-8-9-10-11-12-13-14-15-16-17-18-19-22(4,28(25,26)27)23-21(24)20(2)3/h2,5-19H2,1,3-4H3,(H,23,24)(H,25,26,27). The molecule has 0 aliphatic carbocycles. The molecule has 0 rings (SSSR count). The fraction of sp³-hybridized carbons (Fsp3) is 0.864. The van der Waals surface area contributed by atoms with Crippen molar-refractivity contribution in [2.75, 3.05) is 0 Å². The first-order chi connectivity index (χ1) is 13.1. The Morgan fingerprint density at radius 3 is 1.54 bits per heavy atom. The fourth-order valence-electron chi connectivity index (χ4n) is 3.26. The second kappa shape index (κ2) is 15.0. The number of rotatable bonds is 18. The highest BCUT2D eigenvalue weighted by Crippen LogP contribution is 2.22. The SMILES string of the molecule is C=C(C)C(=O)NC(C)(CCCCCCCCCCCCCCCC)S(=O)(=O)O. The van der Waals surface area contributed by atoms with Crippen molar-refractivity contribution in [1.29, 1.82) is 0 Å². The summed E-state index contributed by atoms with van der Waals surface area (Å²) in [7, 11) is -4.38. The molecule has 0 spiro atoms. The van der Waals surface area contributed by atoms with Gasteiger partial charge < -0.3 is 5.32 Å². The lowest BCUT2D eigenvalue weighted by atomic mass is 10.0. The van der Waals surface area contributed by atoms with Gasteiger partial charge in [-0.3, -0.25) is 9.35 Å². The second-order valence-electron chi connectivity index (χ2n) is 8.29. The van der Waals surface area contributed by atoms with Gasteiger partial charge in [0, 0.05) is 5.57 Å². The number of unbranched alkanes of at least 4 members (excludes halogenated alkanes) is 13. The molecule has 0 aliphatic heterocycles. The third-order valence-electron chi connectivity index (χ3n) is 5.34. The Balaban J connectivity index is 3.81. The summed E-state index contributed by atoms with van der Waals surface area (Å²) in [5.74, 6) is -0.550. The van der Waals surface area contributed by atoms with Gasteiger partial charge in [-0.05, 0) is 26.7 Å². The number of hydrogen-bond donors (Lipinski definition) is 2. The van der Waals surface area contributed by atoms with Crippen LogP contribution in [0.2, 0.25) is 0 Å². The zero-order valence-corrected chi connectivity index (χ0v) is 19.2. The average Bonchev–Trinajstić information content (AvgIpc) is 2.61. The second-order valence-corrected chi connectivity index (χ2v) is 10.1. The molecule has 6 heteroatoms. The molecule has 0 aliphatic rings. The molecule has 28 heavy (non-hydrogen) atoms. The zero-order valence-electron chi connectivity index (χ0n) is 18.4. The van der Waals surface area contributed by atoms with Crippen molar-refractivity contribution in [3.63, 3.8) is 0 Å². The van der Waals surface area contributed by atoms with Crippen LogP contribution >= 0.6 is 0 Å². The van der Waals surface area contributed by atoms with Crippen molar-refractivity contribution in [3.8, 4) is 0 Å². The minimum Gasteiger partial charge on any atom is -0.332 e. The molecule has 0 radical (unpaired) electrons. The largest absolute Gasteiger partial charge is 0.332 e. The van der Waals surface area contributed by atoms with Crippen LogP contribution in [0.5, 0.6) is 0 Å². The number of amides is 1. The van der Waals surface area contributed by atoms with Crippen LogP contribution in [-0.2, 0) is 14.9 Å². The Labute approximate surface area is 173 Å². The average molecular weight is 418 g/mol. The van der Waals surface area contributed by atoms with Crippen LogP contribution in [0.1, 0.15) is 117 Å². The van der Waals surface area contributed by atoms with Crippen molar-refractivity contribution in [3.05, 3.63) is 12.2 Å². The molecular weight excluding hydrogens is 374 g/mol. The van der Waals surface area contributed by atoms with E-state index in [0.29, 0.717) is 6.42 Å². The van der Waals surface area contributed by atoms with Crippen molar-refractivity contribution >= 4 is 16.0 Å². The summed E-state index contributed by atoms with van der Waals surface area (Å²) >= 11 is 0. The molecule has 5 nitrogen and oxygen atoms in total. The van der Waals surface area contributed by atoms with Crippen LogP contribution < -0.4 is 5.32 Å². The maximum atomic E-state index is 11.8. The van der Waals surface area contributed by atoms with Crippen LogP contribution in [-0.4, -0.2) is 23.7 Å². The summed E-state index contributed by atoms with van der Waals surface area (Å²) in [4.78, 5) is 10.1. The first-order valence-electron chi connectivity index (χ1n) is 11.1. The number of nitrogens with one attached hydrogen (secondary N) is 1.